The molecule has 0 saturated carbocycles. The van der Waals surface area contributed by atoms with E-state index in [1.165, 1.54) is 0 Å². The molecule has 0 amide bonds. The normalized spacial score (nSPS) is 11.4. The van der Waals surface area contributed by atoms with Gasteiger partial charge >= 0.3 is 0 Å². The average Bonchev–Trinajstić information content (AvgIpc) is 3.53. The molecule has 0 saturated heterocycles. The summed E-state index contributed by atoms with van der Waals surface area (Å²) in [7, 11) is 0. The van der Waals surface area contributed by atoms with Crippen molar-refractivity contribution in [3.05, 3.63) is 152 Å². The number of nitrogens with zero attached hydrogens (tertiary/aromatic N) is 5. The molecule has 0 spiro atoms. The highest BCUT2D eigenvalue weighted by Crippen LogP contribution is 2.37. The van der Waals surface area contributed by atoms with Crippen molar-refractivity contribution >= 4 is 32.7 Å². The Kier molecular flexibility index (Phi) is 6.35. The van der Waals surface area contributed by atoms with E-state index in [9.17, 15) is 0 Å². The Hall–Kier alpha value is -6.53. The first kappa shape index (κ1) is 26.8. The summed E-state index contributed by atoms with van der Waals surface area (Å²) in [5.41, 5.74) is 8.14. The predicted molar refractivity (Wildman–Crippen MR) is 187 cm³/mol. The molecule has 0 radical (unpaired) electrons. The van der Waals surface area contributed by atoms with Gasteiger partial charge in [-0.2, -0.15) is 0 Å². The molecule has 0 aliphatic carbocycles. The van der Waals surface area contributed by atoms with E-state index in [4.69, 9.17) is 29.3 Å². The van der Waals surface area contributed by atoms with Crippen molar-refractivity contribution in [1.82, 2.24) is 24.9 Å². The van der Waals surface area contributed by atoms with Gasteiger partial charge in [0.2, 0.25) is 0 Å². The Labute approximate surface area is 270 Å². The summed E-state index contributed by atoms with van der Waals surface area (Å²) in [6.07, 6.45) is 3.68. The molecule has 9 rings (SSSR count). The average molecular weight is 604 g/mol. The number of pyridine rings is 2. The minimum Gasteiger partial charge on any atom is -0.456 e. The van der Waals surface area contributed by atoms with E-state index < -0.39 is 0 Å². The smallest absolute Gasteiger partial charge is 0.164 e. The number of aromatic nitrogens is 5. The Bertz CT molecular complexity index is 2500. The van der Waals surface area contributed by atoms with Crippen molar-refractivity contribution < 1.29 is 4.42 Å². The molecule has 4 aromatic heterocycles. The second kappa shape index (κ2) is 11.1. The zero-order valence-corrected chi connectivity index (χ0v) is 25.1. The Balaban J connectivity index is 1.12. The van der Waals surface area contributed by atoms with Crippen molar-refractivity contribution in [1.29, 1.82) is 0 Å². The lowest BCUT2D eigenvalue weighted by Crippen LogP contribution is -2.00. The van der Waals surface area contributed by atoms with Gasteiger partial charge in [-0.1, -0.05) is 115 Å². The first-order valence-corrected chi connectivity index (χ1v) is 15.4. The Morgan fingerprint density at radius 3 is 1.68 bits per heavy atom. The molecule has 6 nitrogen and oxygen atoms in total. The molecular formula is C41H25N5O. The third-order valence-electron chi connectivity index (χ3n) is 8.43. The number of furan rings is 1. The van der Waals surface area contributed by atoms with Crippen LogP contribution in [0, 0.1) is 0 Å². The molecule has 0 bridgehead atoms. The molecule has 4 heterocycles. The fraction of sp³-hybridized carbons (Fsp3) is 0. The van der Waals surface area contributed by atoms with E-state index in [1.807, 2.05) is 91.1 Å². The van der Waals surface area contributed by atoms with Crippen LogP contribution >= 0.6 is 0 Å². The van der Waals surface area contributed by atoms with Crippen molar-refractivity contribution in [2.45, 2.75) is 0 Å². The number of hydrogen-bond donors (Lipinski definition) is 0. The van der Waals surface area contributed by atoms with Gasteiger partial charge in [-0.25, -0.2) is 15.0 Å². The Morgan fingerprint density at radius 2 is 1.00 bits per heavy atom. The van der Waals surface area contributed by atoms with E-state index in [0.717, 1.165) is 71.9 Å². The van der Waals surface area contributed by atoms with Crippen molar-refractivity contribution in [3.63, 3.8) is 0 Å². The van der Waals surface area contributed by atoms with Gasteiger partial charge in [-0.15, -0.1) is 0 Å². The zero-order chi connectivity index (χ0) is 31.2. The SMILES string of the molecule is c1ccc(-c2nc(-c3ccccc3)nc(-c3ccc(-c4ccc5oc6ccnc(-c7cc8ccccc8cn7)c6c5c4)cc3)n2)cc1. The fourth-order valence-electron chi connectivity index (χ4n) is 6.06. The summed E-state index contributed by atoms with van der Waals surface area (Å²) in [6.45, 7) is 0. The van der Waals surface area contributed by atoms with Gasteiger partial charge in [-0.3, -0.25) is 9.97 Å². The lowest BCUT2D eigenvalue weighted by Gasteiger charge is -2.09. The zero-order valence-electron chi connectivity index (χ0n) is 25.1. The third kappa shape index (κ3) is 4.89. The largest absolute Gasteiger partial charge is 0.456 e. The van der Waals surface area contributed by atoms with Crippen LogP contribution in [0.3, 0.4) is 0 Å². The first-order chi connectivity index (χ1) is 23.3. The Morgan fingerprint density at radius 1 is 0.426 bits per heavy atom. The number of fused-ring (bicyclic) bond motifs is 4. The quantitative estimate of drug-likeness (QED) is 0.195. The summed E-state index contributed by atoms with van der Waals surface area (Å²) < 4.78 is 6.27. The summed E-state index contributed by atoms with van der Waals surface area (Å²) in [5.74, 6) is 1.90. The van der Waals surface area contributed by atoms with Crippen LogP contribution in [0.1, 0.15) is 0 Å². The van der Waals surface area contributed by atoms with Crippen LogP contribution in [-0.4, -0.2) is 24.9 Å². The fourth-order valence-corrected chi connectivity index (χ4v) is 6.06. The molecule has 5 aromatic carbocycles. The highest BCUT2D eigenvalue weighted by atomic mass is 16.3. The van der Waals surface area contributed by atoms with E-state index in [1.54, 1.807) is 6.20 Å². The van der Waals surface area contributed by atoms with Gasteiger partial charge in [0, 0.05) is 39.9 Å². The molecule has 0 unspecified atom stereocenters. The maximum absolute atomic E-state index is 6.27. The highest BCUT2D eigenvalue weighted by molar-refractivity contribution is 6.12. The first-order valence-electron chi connectivity index (χ1n) is 15.4. The van der Waals surface area contributed by atoms with Gasteiger partial charge in [0.1, 0.15) is 16.9 Å². The molecule has 0 atom stereocenters. The molecule has 9 aromatic rings. The van der Waals surface area contributed by atoms with Crippen molar-refractivity contribution in [3.8, 4) is 56.7 Å². The van der Waals surface area contributed by atoms with Crippen LogP contribution in [-0.2, 0) is 0 Å². The van der Waals surface area contributed by atoms with Crippen LogP contribution in [0.5, 0.6) is 0 Å². The van der Waals surface area contributed by atoms with Crippen molar-refractivity contribution in [2.75, 3.05) is 0 Å². The minimum absolute atomic E-state index is 0.624. The third-order valence-corrected chi connectivity index (χ3v) is 8.43. The second-order valence-corrected chi connectivity index (χ2v) is 11.4. The standard InChI is InChI=1S/C41H25N5O/c1-3-9-27(10-4-1)39-44-40(28-11-5-2-6-12-28)46-41(45-39)29-17-15-26(16-18-29)31-19-20-35-33(23-31)37-36(47-35)21-22-42-38(37)34-24-30-13-7-8-14-32(30)25-43-34/h1-25H. The van der Waals surface area contributed by atoms with Gasteiger partial charge in [-0.05, 0) is 40.8 Å². The highest BCUT2D eigenvalue weighted by Gasteiger charge is 2.17. The van der Waals surface area contributed by atoms with E-state index in [0.29, 0.717) is 17.5 Å². The molecule has 47 heavy (non-hydrogen) atoms. The molecule has 220 valence electrons. The van der Waals surface area contributed by atoms with Gasteiger partial charge < -0.3 is 4.42 Å². The lowest BCUT2D eigenvalue weighted by atomic mass is 10.00. The van der Waals surface area contributed by atoms with Crippen LogP contribution in [0.15, 0.2) is 156 Å². The number of hydrogen-bond acceptors (Lipinski definition) is 6. The summed E-state index contributed by atoms with van der Waals surface area (Å²) >= 11 is 0. The van der Waals surface area contributed by atoms with Crippen LogP contribution in [0.2, 0.25) is 0 Å². The minimum atomic E-state index is 0.624. The van der Waals surface area contributed by atoms with E-state index >= 15 is 0 Å². The summed E-state index contributed by atoms with van der Waals surface area (Å²) in [4.78, 5) is 24.1. The molecular weight excluding hydrogens is 578 g/mol. The molecule has 0 aliphatic heterocycles. The molecule has 0 aliphatic rings. The maximum atomic E-state index is 6.27. The summed E-state index contributed by atoms with van der Waals surface area (Å²) in [5, 5.41) is 4.17. The van der Waals surface area contributed by atoms with Crippen LogP contribution in [0.4, 0.5) is 0 Å². The van der Waals surface area contributed by atoms with Gasteiger partial charge in [0.25, 0.3) is 0 Å². The second-order valence-electron chi connectivity index (χ2n) is 11.4. The monoisotopic (exact) mass is 603 g/mol. The molecule has 0 fully saturated rings. The van der Waals surface area contributed by atoms with E-state index in [2.05, 4.69) is 54.6 Å². The molecule has 6 heteroatoms. The van der Waals surface area contributed by atoms with Crippen LogP contribution in [0.25, 0.3) is 89.4 Å². The predicted octanol–water partition coefficient (Wildman–Crippen LogP) is 10.0. The number of rotatable bonds is 5. The maximum Gasteiger partial charge on any atom is 0.164 e. The number of benzene rings is 5. The van der Waals surface area contributed by atoms with E-state index in [-0.39, 0.29) is 0 Å². The summed E-state index contributed by atoms with van der Waals surface area (Å²) in [6, 6.07) is 46.9. The van der Waals surface area contributed by atoms with Crippen molar-refractivity contribution in [2.24, 2.45) is 0 Å². The lowest BCUT2D eigenvalue weighted by molar-refractivity contribution is 0.668. The van der Waals surface area contributed by atoms with Gasteiger partial charge in [0.15, 0.2) is 17.5 Å². The van der Waals surface area contributed by atoms with Crippen LogP contribution < -0.4 is 0 Å². The topological polar surface area (TPSA) is 77.6 Å². The van der Waals surface area contributed by atoms with Gasteiger partial charge in [0.05, 0.1) is 11.1 Å². The molecule has 0 N–H and O–H groups in total.